The lowest BCUT2D eigenvalue weighted by Crippen LogP contribution is -2.54. The number of hydrogen-bond donors (Lipinski definition) is 3. The van der Waals surface area contributed by atoms with Crippen molar-refractivity contribution in [2.24, 2.45) is 0 Å². The van der Waals surface area contributed by atoms with Crippen molar-refractivity contribution in [1.29, 1.82) is 0 Å². The van der Waals surface area contributed by atoms with Crippen molar-refractivity contribution in [2.45, 2.75) is 73.8 Å². The average Bonchev–Trinajstić information content (AvgIpc) is 2.84. The van der Waals surface area contributed by atoms with Crippen LogP contribution in [0.25, 0.3) is 0 Å². The number of rotatable bonds is 8. The molecule has 228 valence electrons. The van der Waals surface area contributed by atoms with E-state index in [1.807, 2.05) is 0 Å². The Balaban J connectivity index is 2.07. The van der Waals surface area contributed by atoms with Crippen LogP contribution in [0.15, 0.2) is 47.4 Å². The van der Waals surface area contributed by atoms with Gasteiger partial charge in [-0.05, 0) is 62.6 Å². The number of nitrogens with one attached hydrogen (secondary N) is 1. The molecular weight excluding hydrogens is 609 g/mol. The largest absolute Gasteiger partial charge is 0.430 e. The molecule has 0 radical (unpaired) electrons. The number of amides is 1. The maximum atomic E-state index is 14.1. The van der Waals surface area contributed by atoms with E-state index in [0.29, 0.717) is 22.5 Å². The Bertz CT molecular complexity index is 1360. The van der Waals surface area contributed by atoms with Gasteiger partial charge in [-0.2, -0.15) is 26.3 Å². The zero-order valence-corrected chi connectivity index (χ0v) is 23.1. The third-order valence-corrected chi connectivity index (χ3v) is 8.80. The summed E-state index contributed by atoms with van der Waals surface area (Å²) >= 11 is 5.83. The molecule has 0 aromatic heterocycles. The van der Waals surface area contributed by atoms with Gasteiger partial charge in [0.05, 0.1) is 28.8 Å². The molecule has 0 fully saturated rings. The highest BCUT2D eigenvalue weighted by Gasteiger charge is 2.71. The molecule has 7 nitrogen and oxygen atoms in total. The van der Waals surface area contributed by atoms with Crippen LogP contribution in [0.4, 0.5) is 36.4 Å². The zero-order valence-electron chi connectivity index (χ0n) is 21.5. The molecule has 2 aromatic carbocycles. The van der Waals surface area contributed by atoms with E-state index in [9.17, 15) is 54.2 Å². The molecule has 1 aliphatic rings. The molecule has 2 atom stereocenters. The van der Waals surface area contributed by atoms with Crippen LogP contribution in [0.5, 0.6) is 0 Å². The number of nitrogens with zero attached hydrogens (tertiary/aromatic N) is 1. The van der Waals surface area contributed by atoms with Gasteiger partial charge in [0.25, 0.3) is 15.6 Å². The standard InChI is InChI=1S/C25H26ClF7N2O5S/c1-22(2,37)20(27)13-34-21(36)12-17-7-3-14-11-15(23(38,24(28,29)30)25(31,32)33)4-10-19(14)35(17)41(39,40)18-8-5-16(26)6-9-18/h4-6,8-11,17,20,37-38H,3,7,12-13H2,1-2H3,(H,34,36). The number of hydrogen-bond acceptors (Lipinski definition) is 5. The van der Waals surface area contributed by atoms with Crippen LogP contribution in [0.1, 0.15) is 37.8 Å². The van der Waals surface area contributed by atoms with Crippen molar-refractivity contribution in [2.75, 3.05) is 10.8 Å². The topological polar surface area (TPSA) is 107 Å². The predicted octanol–water partition coefficient (Wildman–Crippen LogP) is 4.78. The number of aliphatic hydroxyl groups is 2. The van der Waals surface area contributed by atoms with Gasteiger partial charge in [0.2, 0.25) is 5.91 Å². The summed E-state index contributed by atoms with van der Waals surface area (Å²) in [5.41, 5.74) is -9.13. The first-order chi connectivity index (χ1) is 18.6. The molecule has 3 rings (SSSR count). The van der Waals surface area contributed by atoms with Crippen molar-refractivity contribution < 1.29 is 54.2 Å². The third-order valence-electron chi connectivity index (χ3n) is 6.67. The van der Waals surface area contributed by atoms with Crippen LogP contribution < -0.4 is 9.62 Å². The molecule has 16 heteroatoms. The highest BCUT2D eigenvalue weighted by atomic mass is 35.5. The number of sulfonamides is 1. The summed E-state index contributed by atoms with van der Waals surface area (Å²) in [7, 11) is -4.57. The first-order valence-corrected chi connectivity index (χ1v) is 13.8. The molecule has 3 N–H and O–H groups in total. The van der Waals surface area contributed by atoms with Gasteiger partial charge >= 0.3 is 12.4 Å². The Morgan fingerprint density at radius 1 is 1.05 bits per heavy atom. The van der Waals surface area contributed by atoms with Crippen molar-refractivity contribution >= 4 is 33.2 Å². The van der Waals surface area contributed by atoms with Crippen LogP contribution in [-0.2, 0) is 26.8 Å². The van der Waals surface area contributed by atoms with Crippen LogP contribution in [0.3, 0.4) is 0 Å². The molecular formula is C25H26ClF7N2O5S. The van der Waals surface area contributed by atoms with E-state index in [1.165, 1.54) is 26.0 Å². The Morgan fingerprint density at radius 2 is 1.61 bits per heavy atom. The molecule has 0 bridgehead atoms. The lowest BCUT2D eigenvalue weighted by molar-refractivity contribution is -0.376. The fourth-order valence-electron chi connectivity index (χ4n) is 4.32. The molecule has 0 aliphatic carbocycles. The average molecular weight is 635 g/mol. The van der Waals surface area contributed by atoms with E-state index in [4.69, 9.17) is 11.6 Å². The molecule has 0 saturated heterocycles. The minimum atomic E-state index is -6.15. The first-order valence-electron chi connectivity index (χ1n) is 12.0. The van der Waals surface area contributed by atoms with Gasteiger partial charge in [-0.25, -0.2) is 12.8 Å². The second-order valence-electron chi connectivity index (χ2n) is 10.1. The number of halogens is 8. The number of anilines is 1. The van der Waals surface area contributed by atoms with Gasteiger partial charge in [0, 0.05) is 17.0 Å². The first kappa shape index (κ1) is 32.9. The quantitative estimate of drug-likeness (QED) is 0.363. The Morgan fingerprint density at radius 3 is 2.12 bits per heavy atom. The summed E-state index contributed by atoms with van der Waals surface area (Å²) in [5.74, 6) is -0.818. The number of carbonyl (C=O) groups excluding carboxylic acids is 1. The minimum Gasteiger partial charge on any atom is -0.387 e. The number of carbonyl (C=O) groups is 1. The van der Waals surface area contributed by atoms with Gasteiger partial charge in [-0.3, -0.25) is 9.10 Å². The second kappa shape index (κ2) is 11.2. The fraction of sp³-hybridized carbons (Fsp3) is 0.480. The van der Waals surface area contributed by atoms with Crippen LogP contribution in [-0.4, -0.2) is 61.2 Å². The normalized spacial score (nSPS) is 17.7. The Hall–Kier alpha value is -2.62. The predicted molar refractivity (Wildman–Crippen MR) is 134 cm³/mol. The summed E-state index contributed by atoms with van der Waals surface area (Å²) in [4.78, 5) is 12.3. The molecule has 2 aromatic rings. The highest BCUT2D eigenvalue weighted by molar-refractivity contribution is 7.92. The number of fused-ring (bicyclic) bond motifs is 1. The summed E-state index contributed by atoms with van der Waals surface area (Å²) < 4.78 is 123. The van der Waals surface area contributed by atoms with Crippen molar-refractivity contribution in [3.05, 3.63) is 58.6 Å². The van der Waals surface area contributed by atoms with Gasteiger partial charge in [0.15, 0.2) is 0 Å². The van der Waals surface area contributed by atoms with Crippen molar-refractivity contribution in [3.63, 3.8) is 0 Å². The maximum absolute atomic E-state index is 14.1. The molecule has 1 aliphatic heterocycles. The van der Waals surface area contributed by atoms with Gasteiger partial charge in [0.1, 0.15) is 6.17 Å². The van der Waals surface area contributed by atoms with Crippen molar-refractivity contribution in [1.82, 2.24) is 5.32 Å². The third kappa shape index (κ3) is 6.57. The fourth-order valence-corrected chi connectivity index (χ4v) is 6.16. The van der Waals surface area contributed by atoms with Crippen molar-refractivity contribution in [3.8, 4) is 0 Å². The minimum absolute atomic E-state index is 0.176. The van der Waals surface area contributed by atoms with E-state index in [-0.39, 0.29) is 34.0 Å². The smallest absolute Gasteiger partial charge is 0.387 e. The zero-order chi connectivity index (χ0) is 31.2. The Labute approximate surface area is 236 Å². The molecule has 0 saturated carbocycles. The van der Waals surface area contributed by atoms with E-state index >= 15 is 0 Å². The molecule has 41 heavy (non-hydrogen) atoms. The van der Waals surface area contributed by atoms with E-state index < -0.39 is 70.2 Å². The van der Waals surface area contributed by atoms with E-state index in [0.717, 1.165) is 12.1 Å². The van der Waals surface area contributed by atoms with Gasteiger partial charge in [-0.1, -0.05) is 23.7 Å². The summed E-state index contributed by atoms with van der Waals surface area (Å²) in [6.45, 7) is 1.75. The molecule has 0 spiro atoms. The summed E-state index contributed by atoms with van der Waals surface area (Å²) in [6.07, 6.45) is -15.2. The second-order valence-corrected chi connectivity index (χ2v) is 12.4. The van der Waals surface area contributed by atoms with Crippen LogP contribution in [0.2, 0.25) is 5.02 Å². The van der Waals surface area contributed by atoms with E-state index in [1.54, 1.807) is 0 Å². The lowest BCUT2D eigenvalue weighted by atomic mass is 9.87. The number of benzene rings is 2. The summed E-state index contributed by atoms with van der Waals surface area (Å²) in [6, 6.07) is 5.03. The number of alkyl halides is 7. The SMILES string of the molecule is CC(C)(O)C(F)CNC(=O)CC1CCc2cc(C(O)(C(F)(F)F)C(F)(F)F)ccc2N1S(=O)(=O)c1ccc(Cl)cc1. The van der Waals surface area contributed by atoms with Gasteiger partial charge in [-0.15, -0.1) is 0 Å². The van der Waals surface area contributed by atoms with Crippen LogP contribution >= 0.6 is 11.6 Å². The Kier molecular flexibility index (Phi) is 9.01. The molecule has 1 heterocycles. The lowest BCUT2D eigenvalue weighted by Gasteiger charge is -2.39. The summed E-state index contributed by atoms with van der Waals surface area (Å²) in [5, 5.41) is 22.0. The highest BCUT2D eigenvalue weighted by Crippen LogP contribution is 2.51. The van der Waals surface area contributed by atoms with Crippen LogP contribution in [0, 0.1) is 0 Å². The van der Waals surface area contributed by atoms with E-state index in [2.05, 4.69) is 5.32 Å². The maximum Gasteiger partial charge on any atom is 0.430 e. The monoisotopic (exact) mass is 634 g/mol. The van der Waals surface area contributed by atoms with Gasteiger partial charge < -0.3 is 15.5 Å². The molecule has 2 unspecified atom stereocenters. The molecule has 1 amide bonds. The number of aryl methyl sites for hydroxylation is 1.